The summed E-state index contributed by atoms with van der Waals surface area (Å²) < 4.78 is 11.1. The molecule has 0 aliphatic heterocycles. The zero-order valence-corrected chi connectivity index (χ0v) is 15.2. The van der Waals surface area contributed by atoms with Crippen LogP contribution in [0.25, 0.3) is 0 Å². The molecule has 0 aromatic heterocycles. The predicted octanol–water partition coefficient (Wildman–Crippen LogP) is 3.91. The number of hydrogen-bond donors (Lipinski definition) is 1. The summed E-state index contributed by atoms with van der Waals surface area (Å²) in [6, 6.07) is 15.8. The van der Waals surface area contributed by atoms with E-state index in [-0.39, 0.29) is 5.91 Å². The van der Waals surface area contributed by atoms with E-state index >= 15 is 0 Å². The maximum absolute atomic E-state index is 12.4. The van der Waals surface area contributed by atoms with E-state index in [4.69, 9.17) is 9.47 Å². The van der Waals surface area contributed by atoms with E-state index in [2.05, 4.69) is 36.5 Å². The van der Waals surface area contributed by atoms with Gasteiger partial charge in [-0.1, -0.05) is 48.9 Å². The Hall–Kier alpha value is -2.49. The molecule has 134 valence electrons. The van der Waals surface area contributed by atoms with E-state index in [0.29, 0.717) is 24.5 Å². The van der Waals surface area contributed by atoms with Gasteiger partial charge in [0.15, 0.2) is 17.6 Å². The minimum absolute atomic E-state index is 0.0855. The van der Waals surface area contributed by atoms with Gasteiger partial charge in [-0.3, -0.25) is 4.79 Å². The molecule has 2 aromatic rings. The molecule has 2 rings (SSSR count). The number of benzene rings is 2. The molecule has 2 aromatic carbocycles. The van der Waals surface area contributed by atoms with Crippen LogP contribution in [0.3, 0.4) is 0 Å². The first kappa shape index (κ1) is 18.8. The fourth-order valence-electron chi connectivity index (χ4n) is 2.68. The summed E-state index contributed by atoms with van der Waals surface area (Å²) in [5.74, 6) is 1.14. The Kier molecular flexibility index (Phi) is 7.33. The number of nitrogens with one attached hydrogen (secondary N) is 1. The van der Waals surface area contributed by atoms with E-state index in [1.807, 2.05) is 31.2 Å². The summed E-state index contributed by atoms with van der Waals surface area (Å²) in [7, 11) is 1.59. The standard InChI is InChI=1S/C21H27NO3/c1-4-18(25-20-13-6-5-12-19(20)24-3)21(23)22-14-8-11-17-10-7-9-16(2)15-17/h5-7,9-10,12-13,15,18H,4,8,11,14H2,1-3H3,(H,22,23). The van der Waals surface area contributed by atoms with Gasteiger partial charge in [0.1, 0.15) is 0 Å². The first-order valence-corrected chi connectivity index (χ1v) is 8.77. The van der Waals surface area contributed by atoms with E-state index in [0.717, 1.165) is 12.8 Å². The van der Waals surface area contributed by atoms with Gasteiger partial charge in [-0.25, -0.2) is 0 Å². The van der Waals surface area contributed by atoms with Crippen molar-refractivity contribution < 1.29 is 14.3 Å². The zero-order chi connectivity index (χ0) is 18.1. The third kappa shape index (κ3) is 5.82. The van der Waals surface area contributed by atoms with Crippen LogP contribution in [0.5, 0.6) is 11.5 Å². The molecule has 0 aliphatic carbocycles. The number of para-hydroxylation sites is 2. The van der Waals surface area contributed by atoms with Crippen molar-refractivity contribution >= 4 is 5.91 Å². The lowest BCUT2D eigenvalue weighted by Crippen LogP contribution is -2.38. The Bertz CT molecular complexity index is 684. The van der Waals surface area contributed by atoms with E-state index in [1.165, 1.54) is 11.1 Å². The van der Waals surface area contributed by atoms with Crippen molar-refractivity contribution in [3.05, 3.63) is 59.7 Å². The lowest BCUT2D eigenvalue weighted by atomic mass is 10.1. The van der Waals surface area contributed by atoms with Crippen molar-refractivity contribution in [2.75, 3.05) is 13.7 Å². The highest BCUT2D eigenvalue weighted by atomic mass is 16.5. The summed E-state index contributed by atoms with van der Waals surface area (Å²) in [6.07, 6.45) is 1.93. The number of methoxy groups -OCH3 is 1. The number of amides is 1. The molecule has 4 heteroatoms. The van der Waals surface area contributed by atoms with E-state index in [1.54, 1.807) is 7.11 Å². The van der Waals surface area contributed by atoms with Gasteiger partial charge >= 0.3 is 0 Å². The molecule has 0 saturated heterocycles. The fraction of sp³-hybridized carbons (Fsp3) is 0.381. The van der Waals surface area contributed by atoms with Crippen LogP contribution in [-0.2, 0) is 11.2 Å². The van der Waals surface area contributed by atoms with Gasteiger partial charge in [-0.05, 0) is 43.9 Å². The van der Waals surface area contributed by atoms with E-state index < -0.39 is 6.10 Å². The average Bonchev–Trinajstić information content (AvgIpc) is 2.63. The first-order chi connectivity index (χ1) is 12.1. The van der Waals surface area contributed by atoms with Crippen molar-refractivity contribution in [2.45, 2.75) is 39.2 Å². The maximum Gasteiger partial charge on any atom is 0.261 e. The summed E-state index contributed by atoms with van der Waals surface area (Å²) in [4.78, 5) is 12.4. The molecular weight excluding hydrogens is 314 g/mol. The molecule has 0 heterocycles. The van der Waals surface area contributed by atoms with Crippen LogP contribution >= 0.6 is 0 Å². The van der Waals surface area contributed by atoms with Crippen molar-refractivity contribution in [2.24, 2.45) is 0 Å². The second-order valence-corrected chi connectivity index (χ2v) is 6.05. The van der Waals surface area contributed by atoms with Gasteiger partial charge in [0.05, 0.1) is 7.11 Å². The quantitative estimate of drug-likeness (QED) is 0.704. The molecule has 0 spiro atoms. The second kappa shape index (κ2) is 9.72. The molecule has 1 amide bonds. The van der Waals surface area contributed by atoms with Crippen LogP contribution in [0.4, 0.5) is 0 Å². The molecular formula is C21H27NO3. The van der Waals surface area contributed by atoms with Crippen molar-refractivity contribution in [1.82, 2.24) is 5.32 Å². The monoisotopic (exact) mass is 341 g/mol. The average molecular weight is 341 g/mol. The third-order valence-corrected chi connectivity index (χ3v) is 4.03. The lowest BCUT2D eigenvalue weighted by molar-refractivity contribution is -0.128. The molecule has 1 atom stereocenters. The minimum Gasteiger partial charge on any atom is -0.493 e. The van der Waals surface area contributed by atoms with Crippen LogP contribution in [0, 0.1) is 6.92 Å². The minimum atomic E-state index is -0.518. The molecule has 0 saturated carbocycles. The van der Waals surface area contributed by atoms with Gasteiger partial charge in [0, 0.05) is 6.54 Å². The highest BCUT2D eigenvalue weighted by Gasteiger charge is 2.19. The van der Waals surface area contributed by atoms with Gasteiger partial charge in [-0.2, -0.15) is 0 Å². The molecule has 0 aliphatic rings. The third-order valence-electron chi connectivity index (χ3n) is 4.03. The Balaban J connectivity index is 1.81. The molecule has 0 bridgehead atoms. The van der Waals surface area contributed by atoms with Crippen molar-refractivity contribution in [1.29, 1.82) is 0 Å². The number of hydrogen-bond acceptors (Lipinski definition) is 3. The number of rotatable bonds is 9. The molecule has 1 N–H and O–H groups in total. The number of aryl methyl sites for hydroxylation is 2. The molecule has 0 fully saturated rings. The van der Waals surface area contributed by atoms with Crippen LogP contribution in [0.2, 0.25) is 0 Å². The molecule has 4 nitrogen and oxygen atoms in total. The summed E-state index contributed by atoms with van der Waals surface area (Å²) in [6.45, 7) is 4.66. The highest BCUT2D eigenvalue weighted by Crippen LogP contribution is 2.27. The van der Waals surface area contributed by atoms with Crippen LogP contribution in [0.1, 0.15) is 30.9 Å². The molecule has 1 unspecified atom stereocenters. The summed E-state index contributed by atoms with van der Waals surface area (Å²) >= 11 is 0. The highest BCUT2D eigenvalue weighted by molar-refractivity contribution is 5.81. The van der Waals surface area contributed by atoms with Crippen molar-refractivity contribution in [3.8, 4) is 11.5 Å². The zero-order valence-electron chi connectivity index (χ0n) is 15.2. The SMILES string of the molecule is CCC(Oc1ccccc1OC)C(=O)NCCCc1cccc(C)c1. The number of carbonyl (C=O) groups excluding carboxylic acids is 1. The van der Waals surface area contributed by atoms with Crippen LogP contribution in [-0.4, -0.2) is 25.7 Å². The number of carbonyl (C=O) groups is 1. The first-order valence-electron chi connectivity index (χ1n) is 8.77. The normalized spacial score (nSPS) is 11.6. The predicted molar refractivity (Wildman–Crippen MR) is 100 cm³/mol. The van der Waals surface area contributed by atoms with Gasteiger partial charge < -0.3 is 14.8 Å². The Morgan fingerprint density at radius 1 is 1.12 bits per heavy atom. The second-order valence-electron chi connectivity index (χ2n) is 6.05. The summed E-state index contributed by atoms with van der Waals surface area (Å²) in [5.41, 5.74) is 2.56. The van der Waals surface area contributed by atoms with Crippen molar-refractivity contribution in [3.63, 3.8) is 0 Å². The largest absolute Gasteiger partial charge is 0.493 e. The Labute approximate surface area is 150 Å². The smallest absolute Gasteiger partial charge is 0.261 e. The van der Waals surface area contributed by atoms with Gasteiger partial charge in [-0.15, -0.1) is 0 Å². The maximum atomic E-state index is 12.4. The Morgan fingerprint density at radius 2 is 1.88 bits per heavy atom. The summed E-state index contributed by atoms with van der Waals surface area (Å²) in [5, 5.41) is 2.97. The van der Waals surface area contributed by atoms with Crippen LogP contribution < -0.4 is 14.8 Å². The molecule has 25 heavy (non-hydrogen) atoms. The molecule has 0 radical (unpaired) electrons. The van der Waals surface area contributed by atoms with Gasteiger partial charge in [0.25, 0.3) is 5.91 Å². The topological polar surface area (TPSA) is 47.6 Å². The van der Waals surface area contributed by atoms with E-state index in [9.17, 15) is 4.79 Å². The fourth-order valence-corrected chi connectivity index (χ4v) is 2.68. The number of ether oxygens (including phenoxy) is 2. The van der Waals surface area contributed by atoms with Crippen LogP contribution in [0.15, 0.2) is 48.5 Å². The van der Waals surface area contributed by atoms with Gasteiger partial charge in [0.2, 0.25) is 0 Å². The lowest BCUT2D eigenvalue weighted by Gasteiger charge is -2.18. The Morgan fingerprint density at radius 3 is 2.56 bits per heavy atom.